The third-order valence-corrected chi connectivity index (χ3v) is 15.1. The highest BCUT2D eigenvalue weighted by Crippen LogP contribution is 2.52. The van der Waals surface area contributed by atoms with E-state index in [0.29, 0.717) is 17.5 Å². The summed E-state index contributed by atoms with van der Waals surface area (Å²) in [6.45, 7) is 0. The highest BCUT2D eigenvalue weighted by atomic mass is 15.0. The number of pyridine rings is 2. The van der Waals surface area contributed by atoms with Crippen LogP contribution in [0.3, 0.4) is 0 Å². The molecule has 2 aliphatic rings. The number of para-hydroxylation sites is 2. The van der Waals surface area contributed by atoms with Crippen LogP contribution in [0.25, 0.3) is 166 Å². The standard InChI is InChI=1S/C67H37N5/c1-7-21-59-38(11-1)31-44-33-40(23-29-61(44)68-59)65-70-66(41-24-30-62-45(34-41)32-39-12-2-8-22-60(39)69-62)72-67(71-65)46-36-42(47-25-27-57-51-15-5-3-13-49(51)55-19-9-17-53(47)63(55)57)35-43(37-46)48-26-28-58-52-16-6-4-14-50(52)56-20-10-18-54(48)64(56)58/h1-37H. The number of fused-ring (bicyclic) bond motifs is 10. The molecule has 14 aromatic rings. The summed E-state index contributed by atoms with van der Waals surface area (Å²) in [5.74, 6) is 1.75. The van der Waals surface area contributed by atoms with Crippen LogP contribution in [0.5, 0.6) is 0 Å². The largest absolute Gasteiger partial charge is 0.248 e. The van der Waals surface area contributed by atoms with Crippen LogP contribution in [0.4, 0.5) is 0 Å². The third-order valence-electron chi connectivity index (χ3n) is 15.1. The SMILES string of the molecule is c1ccc2c(c1)-c1cccc3c(-c4cc(-c5nc(-c6ccc7nc8ccccc8cc7c6)nc(-c6ccc7nc8ccccc8cc7c6)n5)cc(-c5ccc6c7c(cccc57)-c5ccccc5-6)c4)ccc-2c13. The number of benzene rings is 11. The summed E-state index contributed by atoms with van der Waals surface area (Å²) in [7, 11) is 0. The lowest BCUT2D eigenvalue weighted by atomic mass is 9.89. The predicted octanol–water partition coefficient (Wildman–Crippen LogP) is 17.2. The van der Waals surface area contributed by atoms with Crippen molar-refractivity contribution in [3.8, 4) is 101 Å². The minimum absolute atomic E-state index is 0.583. The van der Waals surface area contributed by atoms with Crippen LogP contribution in [-0.2, 0) is 0 Å². The Labute approximate surface area is 413 Å². The second-order valence-electron chi connectivity index (χ2n) is 19.2. The summed E-state index contributed by atoms with van der Waals surface area (Å²) >= 11 is 0. The Kier molecular flexibility index (Phi) is 8.10. The Balaban J connectivity index is 0.950. The summed E-state index contributed by atoms with van der Waals surface area (Å²) in [4.78, 5) is 26.2. The lowest BCUT2D eigenvalue weighted by Crippen LogP contribution is -2.01. The molecule has 0 fully saturated rings. The second kappa shape index (κ2) is 14.9. The van der Waals surface area contributed by atoms with E-state index in [1.54, 1.807) is 0 Å². The van der Waals surface area contributed by atoms with Gasteiger partial charge >= 0.3 is 0 Å². The van der Waals surface area contributed by atoms with E-state index in [0.717, 1.165) is 82.6 Å². The monoisotopic (exact) mass is 911 g/mol. The fourth-order valence-electron chi connectivity index (χ4n) is 11.8. The molecule has 5 heteroatoms. The topological polar surface area (TPSA) is 64.5 Å². The molecule has 0 spiro atoms. The van der Waals surface area contributed by atoms with Gasteiger partial charge in [0.1, 0.15) is 0 Å². The number of hydrogen-bond acceptors (Lipinski definition) is 5. The summed E-state index contributed by atoms with van der Waals surface area (Å²) in [6.07, 6.45) is 0. The van der Waals surface area contributed by atoms with Gasteiger partial charge in [0.25, 0.3) is 0 Å². The first kappa shape index (κ1) is 39.2. The Morgan fingerprint density at radius 1 is 0.194 bits per heavy atom. The van der Waals surface area contributed by atoms with Crippen molar-refractivity contribution in [2.45, 2.75) is 0 Å². The molecule has 0 bridgehead atoms. The first-order valence-electron chi connectivity index (χ1n) is 24.5. The van der Waals surface area contributed by atoms with Crippen molar-refractivity contribution in [2.75, 3.05) is 0 Å². The molecule has 3 aromatic heterocycles. The van der Waals surface area contributed by atoms with E-state index in [-0.39, 0.29) is 0 Å². The summed E-state index contributed by atoms with van der Waals surface area (Å²) in [6, 6.07) is 80.7. The van der Waals surface area contributed by atoms with Crippen LogP contribution in [0.2, 0.25) is 0 Å². The second-order valence-corrected chi connectivity index (χ2v) is 19.2. The van der Waals surface area contributed by atoms with Crippen LogP contribution in [0.1, 0.15) is 0 Å². The summed E-state index contributed by atoms with van der Waals surface area (Å²) in [5.41, 5.74) is 21.1. The average molecular weight is 912 g/mol. The molecule has 0 aliphatic heterocycles. The highest BCUT2D eigenvalue weighted by Gasteiger charge is 2.26. The molecular weight excluding hydrogens is 875 g/mol. The van der Waals surface area contributed by atoms with Gasteiger partial charge in [-0.2, -0.15) is 0 Å². The van der Waals surface area contributed by atoms with Gasteiger partial charge in [-0.15, -0.1) is 0 Å². The van der Waals surface area contributed by atoms with Crippen molar-refractivity contribution in [1.82, 2.24) is 24.9 Å². The van der Waals surface area contributed by atoms with Gasteiger partial charge in [0.05, 0.1) is 22.1 Å². The number of rotatable bonds is 5. The Bertz CT molecular complexity index is 4360. The van der Waals surface area contributed by atoms with E-state index < -0.39 is 0 Å². The maximum Gasteiger partial charge on any atom is 0.164 e. The van der Waals surface area contributed by atoms with Gasteiger partial charge in [-0.1, -0.05) is 146 Å². The van der Waals surface area contributed by atoms with Crippen molar-refractivity contribution in [2.24, 2.45) is 0 Å². The van der Waals surface area contributed by atoms with Gasteiger partial charge in [0, 0.05) is 38.2 Å². The summed E-state index contributed by atoms with van der Waals surface area (Å²) in [5, 5.41) is 9.20. The van der Waals surface area contributed by atoms with Crippen molar-refractivity contribution in [3.05, 3.63) is 224 Å². The zero-order chi connectivity index (χ0) is 47.0. The molecule has 0 atom stereocenters. The quantitative estimate of drug-likeness (QED) is 0.161. The number of aromatic nitrogens is 5. The van der Waals surface area contributed by atoms with Gasteiger partial charge < -0.3 is 0 Å². The molecule has 0 N–H and O–H groups in total. The molecule has 2 aliphatic carbocycles. The van der Waals surface area contributed by atoms with Crippen molar-refractivity contribution >= 4 is 65.2 Å². The molecule has 0 saturated carbocycles. The zero-order valence-electron chi connectivity index (χ0n) is 38.6. The van der Waals surface area contributed by atoms with Crippen LogP contribution in [-0.4, -0.2) is 24.9 Å². The van der Waals surface area contributed by atoms with E-state index in [1.807, 2.05) is 12.1 Å². The van der Waals surface area contributed by atoms with E-state index in [1.165, 1.54) is 66.1 Å². The van der Waals surface area contributed by atoms with Crippen molar-refractivity contribution < 1.29 is 0 Å². The lowest BCUT2D eigenvalue weighted by Gasteiger charge is -2.16. The Morgan fingerprint density at radius 2 is 0.556 bits per heavy atom. The van der Waals surface area contributed by atoms with E-state index in [2.05, 4.69) is 212 Å². The number of nitrogens with zero attached hydrogens (tertiary/aromatic N) is 5. The molecule has 0 radical (unpaired) electrons. The average Bonchev–Trinajstić information content (AvgIpc) is 3.95. The minimum atomic E-state index is 0.583. The molecule has 72 heavy (non-hydrogen) atoms. The van der Waals surface area contributed by atoms with E-state index in [9.17, 15) is 0 Å². The first-order chi connectivity index (χ1) is 35.6. The minimum Gasteiger partial charge on any atom is -0.248 e. The van der Waals surface area contributed by atoms with Gasteiger partial charge in [0.15, 0.2) is 17.5 Å². The van der Waals surface area contributed by atoms with Gasteiger partial charge in [0.2, 0.25) is 0 Å². The van der Waals surface area contributed by atoms with E-state index in [4.69, 9.17) is 24.9 Å². The zero-order valence-corrected chi connectivity index (χ0v) is 38.6. The molecule has 5 nitrogen and oxygen atoms in total. The predicted molar refractivity (Wildman–Crippen MR) is 296 cm³/mol. The number of hydrogen-bond donors (Lipinski definition) is 0. The van der Waals surface area contributed by atoms with Crippen LogP contribution in [0, 0.1) is 0 Å². The van der Waals surface area contributed by atoms with Crippen LogP contribution < -0.4 is 0 Å². The Morgan fingerprint density at radius 3 is 1.03 bits per heavy atom. The fourth-order valence-corrected chi connectivity index (χ4v) is 11.8. The van der Waals surface area contributed by atoms with Crippen molar-refractivity contribution in [3.63, 3.8) is 0 Å². The molecule has 0 unspecified atom stereocenters. The van der Waals surface area contributed by atoms with E-state index >= 15 is 0 Å². The van der Waals surface area contributed by atoms with Gasteiger partial charge in [-0.05, 0) is 167 Å². The smallest absolute Gasteiger partial charge is 0.164 e. The van der Waals surface area contributed by atoms with Gasteiger partial charge in [-0.25, -0.2) is 24.9 Å². The van der Waals surface area contributed by atoms with Gasteiger partial charge in [-0.3, -0.25) is 0 Å². The molecule has 16 rings (SSSR count). The Hall–Kier alpha value is -9.71. The molecule has 3 heterocycles. The maximum absolute atomic E-state index is 5.44. The van der Waals surface area contributed by atoms with Crippen LogP contribution in [0.15, 0.2) is 224 Å². The highest BCUT2D eigenvalue weighted by molar-refractivity contribution is 6.20. The molecule has 11 aromatic carbocycles. The lowest BCUT2D eigenvalue weighted by molar-refractivity contribution is 1.08. The third kappa shape index (κ3) is 5.85. The van der Waals surface area contributed by atoms with Crippen molar-refractivity contribution in [1.29, 1.82) is 0 Å². The van der Waals surface area contributed by atoms with Crippen LogP contribution >= 0.6 is 0 Å². The molecule has 0 saturated heterocycles. The molecular formula is C67H37N5. The first-order valence-corrected chi connectivity index (χ1v) is 24.5. The molecule has 0 amide bonds. The summed E-state index contributed by atoms with van der Waals surface area (Å²) < 4.78 is 0. The fraction of sp³-hybridized carbons (Fsp3) is 0. The normalized spacial score (nSPS) is 12.2. The molecule has 330 valence electrons. The maximum atomic E-state index is 5.44.